The first kappa shape index (κ1) is 34.2. The van der Waals surface area contributed by atoms with Crippen LogP contribution in [0.1, 0.15) is 56.2 Å². The summed E-state index contributed by atoms with van der Waals surface area (Å²) in [4.78, 5) is 52.4. The maximum Gasteiger partial charge on any atom is 0.343 e. The number of carbonyl (C=O) groups excluding carboxylic acids is 2. The van der Waals surface area contributed by atoms with Gasteiger partial charge in [0.15, 0.2) is 5.82 Å². The van der Waals surface area contributed by atoms with E-state index in [2.05, 4.69) is 26.9 Å². The van der Waals surface area contributed by atoms with E-state index >= 15 is 0 Å². The number of hydrogen-bond donors (Lipinski definition) is 2. The second-order valence-electron chi connectivity index (χ2n) is 13.7. The fourth-order valence-corrected chi connectivity index (χ4v) is 7.88. The molecule has 3 fully saturated rings. The number of hydrogen-bond acceptors (Lipinski definition) is 7. The topological polar surface area (TPSA) is 124 Å². The highest BCUT2D eigenvalue weighted by atomic mass is 35.5. The SMILES string of the molecule is CCc1cc(C[C@@H](CC(=O)N2CCC(n3nc(-c4ccccc4)[nH]c3=O)CC2)C(=O)N2CCN(C3CCN(C)CC3)CC2)cc(Cl)c1N. The summed E-state index contributed by atoms with van der Waals surface area (Å²) in [5, 5.41) is 5.07. The van der Waals surface area contributed by atoms with Gasteiger partial charge in [0.05, 0.1) is 22.7 Å². The van der Waals surface area contributed by atoms with Gasteiger partial charge in [-0.2, -0.15) is 0 Å². The van der Waals surface area contributed by atoms with Gasteiger partial charge in [0.25, 0.3) is 0 Å². The molecule has 0 aliphatic carbocycles. The molecule has 6 rings (SSSR count). The van der Waals surface area contributed by atoms with Crippen LogP contribution in [0.2, 0.25) is 5.02 Å². The molecular weight excluding hydrogens is 628 g/mol. The number of H-pyrrole nitrogens is 1. The number of aromatic nitrogens is 3. The third-order valence-corrected chi connectivity index (χ3v) is 10.9. The lowest BCUT2D eigenvalue weighted by atomic mass is 9.91. The highest BCUT2D eigenvalue weighted by molar-refractivity contribution is 6.33. The Hall–Kier alpha value is -3.67. The Morgan fingerprint density at radius 3 is 2.27 bits per heavy atom. The summed E-state index contributed by atoms with van der Waals surface area (Å²) in [6, 6.07) is 13.9. The molecule has 3 N–H and O–H groups in total. The zero-order chi connectivity index (χ0) is 33.8. The van der Waals surface area contributed by atoms with Crippen molar-refractivity contribution < 1.29 is 9.59 Å². The third kappa shape index (κ3) is 7.79. The van der Waals surface area contributed by atoms with E-state index < -0.39 is 5.92 Å². The minimum absolute atomic E-state index is 0.0313. The monoisotopic (exact) mass is 676 g/mol. The minimum Gasteiger partial charge on any atom is -0.397 e. The van der Waals surface area contributed by atoms with Gasteiger partial charge in [-0.1, -0.05) is 54.9 Å². The number of nitrogens with zero attached hydrogens (tertiary/aromatic N) is 6. The van der Waals surface area contributed by atoms with Gasteiger partial charge < -0.3 is 20.4 Å². The number of aryl methyl sites for hydroxylation is 1. The third-order valence-electron chi connectivity index (χ3n) is 10.6. The lowest BCUT2D eigenvalue weighted by Crippen LogP contribution is -2.55. The normalized spacial score (nSPS) is 19.5. The van der Waals surface area contributed by atoms with Gasteiger partial charge in [-0.3, -0.25) is 19.5 Å². The average Bonchev–Trinajstić information content (AvgIpc) is 3.51. The smallest absolute Gasteiger partial charge is 0.343 e. The molecule has 3 aromatic rings. The number of nitrogens with one attached hydrogen (secondary N) is 1. The van der Waals surface area contributed by atoms with Crippen LogP contribution in [-0.4, -0.2) is 112 Å². The summed E-state index contributed by atoms with van der Waals surface area (Å²) in [6.07, 6.45) is 4.86. The number of carbonyl (C=O) groups is 2. The molecule has 1 aromatic heterocycles. The molecule has 0 spiro atoms. The Morgan fingerprint density at radius 2 is 1.60 bits per heavy atom. The number of halogens is 1. The number of piperazine rings is 1. The van der Waals surface area contributed by atoms with Crippen LogP contribution in [0.25, 0.3) is 11.4 Å². The molecule has 4 heterocycles. The van der Waals surface area contributed by atoms with Crippen molar-refractivity contribution in [3.8, 4) is 11.4 Å². The molecule has 0 unspecified atom stereocenters. The molecule has 11 nitrogen and oxygen atoms in total. The molecule has 3 aliphatic rings. The molecule has 0 radical (unpaired) electrons. The van der Waals surface area contributed by atoms with Gasteiger partial charge in [0, 0.05) is 57.3 Å². The largest absolute Gasteiger partial charge is 0.397 e. The molecule has 258 valence electrons. The van der Waals surface area contributed by atoms with Crippen LogP contribution in [-0.2, 0) is 22.4 Å². The van der Waals surface area contributed by atoms with Gasteiger partial charge in [0.1, 0.15) is 0 Å². The lowest BCUT2D eigenvalue weighted by Gasteiger charge is -2.43. The number of benzene rings is 2. The van der Waals surface area contributed by atoms with Crippen molar-refractivity contribution in [2.75, 3.05) is 65.1 Å². The first-order chi connectivity index (χ1) is 23.2. The first-order valence-corrected chi connectivity index (χ1v) is 17.9. The van der Waals surface area contributed by atoms with E-state index in [-0.39, 0.29) is 30.0 Å². The van der Waals surface area contributed by atoms with Crippen molar-refractivity contribution in [2.24, 2.45) is 5.92 Å². The van der Waals surface area contributed by atoms with Gasteiger partial charge in [0.2, 0.25) is 11.8 Å². The van der Waals surface area contributed by atoms with E-state index in [1.807, 2.05) is 59.2 Å². The summed E-state index contributed by atoms with van der Waals surface area (Å²) < 4.78 is 1.53. The molecular formula is C36H49ClN8O3. The van der Waals surface area contributed by atoms with Crippen LogP contribution < -0.4 is 11.4 Å². The van der Waals surface area contributed by atoms with Crippen LogP contribution in [0.4, 0.5) is 5.69 Å². The van der Waals surface area contributed by atoms with Crippen molar-refractivity contribution in [1.82, 2.24) is 34.4 Å². The maximum absolute atomic E-state index is 14.2. The number of nitrogen functional groups attached to an aromatic ring is 1. The van der Waals surface area contributed by atoms with E-state index in [9.17, 15) is 14.4 Å². The van der Waals surface area contributed by atoms with Gasteiger partial charge in [-0.05, 0) is 75.9 Å². The van der Waals surface area contributed by atoms with Gasteiger partial charge in [-0.25, -0.2) is 9.48 Å². The summed E-state index contributed by atoms with van der Waals surface area (Å²) in [5.74, 6) is 0.0377. The van der Waals surface area contributed by atoms with Crippen LogP contribution >= 0.6 is 11.6 Å². The second-order valence-corrected chi connectivity index (χ2v) is 14.1. The Morgan fingerprint density at radius 1 is 0.938 bits per heavy atom. The van der Waals surface area contributed by atoms with Crippen molar-refractivity contribution in [1.29, 1.82) is 0 Å². The standard InChI is InChI=1S/C36H49ClN8O3/c1-3-26-21-25(23-31(37)33(26)38)22-28(35(47)44-19-17-42(18-20-44)29-9-13-41(2)14-10-29)24-32(46)43-15-11-30(12-16-43)45-36(48)39-34(40-45)27-7-5-4-6-8-27/h4-8,21,23,28-30H,3,9-20,22,24,38H2,1-2H3,(H,39,40,48)/t28-/m0/s1. The molecule has 1 atom stereocenters. The highest BCUT2D eigenvalue weighted by Crippen LogP contribution is 2.29. The molecule has 3 saturated heterocycles. The second kappa shape index (κ2) is 15.3. The van der Waals surface area contributed by atoms with Gasteiger partial charge >= 0.3 is 5.69 Å². The summed E-state index contributed by atoms with van der Waals surface area (Å²) in [6.45, 7) is 8.35. The predicted octanol–water partition coefficient (Wildman–Crippen LogP) is 3.69. The zero-order valence-electron chi connectivity index (χ0n) is 28.2. The summed E-state index contributed by atoms with van der Waals surface area (Å²) in [5.41, 5.74) is 9.28. The molecule has 0 saturated carbocycles. The van der Waals surface area contributed by atoms with E-state index in [1.54, 1.807) is 0 Å². The van der Waals surface area contributed by atoms with Crippen LogP contribution in [0.3, 0.4) is 0 Å². The average molecular weight is 677 g/mol. The fraction of sp³-hybridized carbons (Fsp3) is 0.556. The molecule has 12 heteroatoms. The number of rotatable bonds is 9. The van der Waals surface area contributed by atoms with E-state index in [0.29, 0.717) is 68.0 Å². The first-order valence-electron chi connectivity index (χ1n) is 17.5. The molecule has 2 aromatic carbocycles. The van der Waals surface area contributed by atoms with Crippen molar-refractivity contribution in [3.05, 3.63) is 69.1 Å². The molecule has 2 amide bonds. The Kier molecular flexibility index (Phi) is 10.9. The predicted molar refractivity (Wildman–Crippen MR) is 189 cm³/mol. The Bertz CT molecular complexity index is 1620. The number of aromatic amines is 1. The number of amides is 2. The van der Waals surface area contributed by atoms with Crippen molar-refractivity contribution >= 4 is 29.1 Å². The van der Waals surface area contributed by atoms with Crippen molar-refractivity contribution in [3.63, 3.8) is 0 Å². The number of piperidine rings is 2. The quantitative estimate of drug-likeness (QED) is 0.332. The number of likely N-dealkylation sites (tertiary alicyclic amines) is 2. The molecule has 48 heavy (non-hydrogen) atoms. The van der Waals surface area contributed by atoms with Crippen LogP contribution in [0.15, 0.2) is 47.3 Å². The van der Waals surface area contributed by atoms with Crippen LogP contribution in [0.5, 0.6) is 0 Å². The Balaban J connectivity index is 1.11. The minimum atomic E-state index is -0.503. The summed E-state index contributed by atoms with van der Waals surface area (Å²) in [7, 11) is 2.18. The van der Waals surface area contributed by atoms with Crippen LogP contribution in [0, 0.1) is 5.92 Å². The van der Waals surface area contributed by atoms with E-state index in [1.165, 1.54) is 17.5 Å². The number of nitrogens with two attached hydrogens (primary N) is 1. The highest BCUT2D eigenvalue weighted by Gasteiger charge is 2.34. The molecule has 3 aliphatic heterocycles. The summed E-state index contributed by atoms with van der Waals surface area (Å²) >= 11 is 6.51. The number of anilines is 1. The molecule has 0 bridgehead atoms. The van der Waals surface area contributed by atoms with Gasteiger partial charge in [-0.15, -0.1) is 5.10 Å². The van der Waals surface area contributed by atoms with Crippen molar-refractivity contribution in [2.45, 2.75) is 64.0 Å². The van der Waals surface area contributed by atoms with E-state index in [0.717, 1.165) is 49.3 Å². The Labute approximate surface area is 288 Å². The zero-order valence-corrected chi connectivity index (χ0v) is 29.0. The maximum atomic E-state index is 14.2. The fourth-order valence-electron chi connectivity index (χ4n) is 7.61. The lowest BCUT2D eigenvalue weighted by molar-refractivity contribution is -0.143. The van der Waals surface area contributed by atoms with E-state index in [4.69, 9.17) is 17.3 Å².